The van der Waals surface area contributed by atoms with Crippen molar-refractivity contribution in [2.75, 3.05) is 33.2 Å². The molecule has 0 bridgehead atoms. The van der Waals surface area contributed by atoms with Crippen LogP contribution in [0.3, 0.4) is 0 Å². The van der Waals surface area contributed by atoms with Crippen molar-refractivity contribution in [1.29, 1.82) is 0 Å². The number of hydrogen-bond donors (Lipinski definition) is 2. The second-order valence-electron chi connectivity index (χ2n) is 11.0. The third-order valence-electron chi connectivity index (χ3n) is 7.76. The molecule has 0 radical (unpaired) electrons. The number of carbonyl (C=O) groups excluding carboxylic acids is 1. The van der Waals surface area contributed by atoms with Crippen LogP contribution in [0.5, 0.6) is 11.5 Å². The van der Waals surface area contributed by atoms with Gasteiger partial charge in [-0.15, -0.1) is 11.3 Å². The van der Waals surface area contributed by atoms with Gasteiger partial charge in [-0.25, -0.2) is 41.1 Å². The van der Waals surface area contributed by atoms with Gasteiger partial charge in [-0.05, 0) is 55.3 Å². The van der Waals surface area contributed by atoms with Crippen molar-refractivity contribution in [2.24, 2.45) is 0 Å². The molecule has 0 saturated heterocycles. The van der Waals surface area contributed by atoms with Gasteiger partial charge in [0.25, 0.3) is 6.43 Å². The molecule has 3 heterocycles. The van der Waals surface area contributed by atoms with Gasteiger partial charge in [-0.1, -0.05) is 0 Å². The third-order valence-corrected chi connectivity index (χ3v) is 8.76. The van der Waals surface area contributed by atoms with Crippen molar-refractivity contribution >= 4 is 27.5 Å². The van der Waals surface area contributed by atoms with Crippen LogP contribution < -0.4 is 14.8 Å². The number of primary amides is 1. The highest BCUT2D eigenvalue weighted by Gasteiger charge is 2.46. The summed E-state index contributed by atoms with van der Waals surface area (Å²) in [7, 11) is 0. The van der Waals surface area contributed by atoms with E-state index in [1.54, 1.807) is 0 Å². The van der Waals surface area contributed by atoms with Crippen LogP contribution in [0.4, 0.5) is 26.3 Å². The van der Waals surface area contributed by atoms with Gasteiger partial charge in [0.1, 0.15) is 61.7 Å². The Morgan fingerprint density at radius 2 is 1.86 bits per heavy atom. The molecule has 2 aliphatic rings. The first kappa shape index (κ1) is 30.3. The summed E-state index contributed by atoms with van der Waals surface area (Å²) in [6.07, 6.45) is -1.39. The number of aliphatic hydroxyl groups is 1. The Labute approximate surface area is 250 Å². The number of nitrogens with two attached hydrogens (primary N) is 1. The molecule has 1 saturated carbocycles. The average molecular weight is 639 g/mol. The van der Waals surface area contributed by atoms with E-state index in [1.165, 1.54) is 30.3 Å². The van der Waals surface area contributed by atoms with Crippen molar-refractivity contribution in [3.05, 3.63) is 70.1 Å². The lowest BCUT2D eigenvalue weighted by atomic mass is 9.83. The second-order valence-corrected chi connectivity index (χ2v) is 12.1. The first-order valence-corrected chi connectivity index (χ1v) is 14.5. The minimum absolute atomic E-state index is 0.0202. The fourth-order valence-electron chi connectivity index (χ4n) is 4.97. The number of alkyl halides is 5. The molecule has 0 spiro atoms. The normalized spacial score (nSPS) is 17.0. The van der Waals surface area contributed by atoms with E-state index in [0.717, 1.165) is 30.3 Å². The van der Waals surface area contributed by atoms with Crippen molar-refractivity contribution in [2.45, 2.75) is 36.4 Å². The molecule has 14 heteroatoms. The summed E-state index contributed by atoms with van der Waals surface area (Å²) in [5.74, 6) is -1.01. The Morgan fingerprint density at radius 3 is 2.50 bits per heavy atom. The molecule has 3 N–H and O–H groups in total. The van der Waals surface area contributed by atoms with E-state index in [0.29, 0.717) is 21.6 Å². The van der Waals surface area contributed by atoms with Crippen LogP contribution >= 0.6 is 11.3 Å². The molecular weight excluding hydrogens is 612 g/mol. The summed E-state index contributed by atoms with van der Waals surface area (Å²) in [5.41, 5.74) is -3.85. The quantitative estimate of drug-likeness (QED) is 0.222. The summed E-state index contributed by atoms with van der Waals surface area (Å²) in [4.78, 5) is 21.6. The lowest BCUT2D eigenvalue weighted by molar-refractivity contribution is -0.574. The number of amides is 1. The standard InChI is InChI=1S/C30H25F6N3O4S/c31-10-29(11-32)14-42-25-19(29)9-22(38-23(25)15-1-3-17(34)4-2-15)30(41,12-33)13-37-27(40)16-7-20(43-18-5-6-18)24-21(8-16)44-28(39-24)26(35)36/h1-4,7-9,18,26,41H,5-6,10-14H2,(H,37,40)/p+1. The van der Waals surface area contributed by atoms with Crippen LogP contribution in [0.2, 0.25) is 0 Å². The van der Waals surface area contributed by atoms with Crippen LogP contribution in [-0.2, 0) is 11.0 Å². The van der Waals surface area contributed by atoms with Crippen molar-refractivity contribution in [1.82, 2.24) is 9.97 Å². The average Bonchev–Trinajstić information content (AvgIpc) is 3.60. The van der Waals surface area contributed by atoms with Crippen molar-refractivity contribution in [3.8, 4) is 22.8 Å². The molecule has 1 fully saturated rings. The van der Waals surface area contributed by atoms with E-state index in [9.17, 15) is 36.2 Å². The smallest absolute Gasteiger partial charge is 0.342 e. The number of quaternary nitrogens is 1. The van der Waals surface area contributed by atoms with Gasteiger partial charge in [-0.2, -0.15) is 0 Å². The number of benzene rings is 2. The molecule has 1 unspecified atom stereocenters. The molecule has 6 rings (SSSR count). The summed E-state index contributed by atoms with van der Waals surface area (Å²) in [5, 5.41) is 12.0. The Balaban J connectivity index is 1.34. The molecular formula is C30H26F6N3O4S+. The molecule has 44 heavy (non-hydrogen) atoms. The lowest BCUT2D eigenvalue weighted by Crippen LogP contribution is -2.91. The van der Waals surface area contributed by atoms with E-state index in [4.69, 9.17) is 9.47 Å². The van der Waals surface area contributed by atoms with E-state index in [-0.39, 0.29) is 52.2 Å². The van der Waals surface area contributed by atoms with E-state index in [1.807, 2.05) is 0 Å². The van der Waals surface area contributed by atoms with E-state index < -0.39 is 60.7 Å². The Hall–Kier alpha value is -3.75. The first-order chi connectivity index (χ1) is 21.1. The topological polar surface area (TPSA) is 98.2 Å². The number of nitrogens with zero attached hydrogens (tertiary/aromatic N) is 2. The zero-order valence-corrected chi connectivity index (χ0v) is 23.8. The highest BCUT2D eigenvalue weighted by molar-refractivity contribution is 7.18. The Morgan fingerprint density at radius 1 is 1.14 bits per heavy atom. The number of pyridine rings is 1. The maximum Gasteiger partial charge on any atom is 0.342 e. The maximum atomic E-state index is 14.6. The molecule has 1 aliphatic carbocycles. The van der Waals surface area contributed by atoms with Gasteiger partial charge in [0, 0.05) is 11.1 Å². The number of fused-ring (bicyclic) bond motifs is 2. The van der Waals surface area contributed by atoms with Crippen LogP contribution in [0.1, 0.15) is 45.9 Å². The molecule has 4 aromatic rings. The van der Waals surface area contributed by atoms with Gasteiger partial charge in [0.15, 0.2) is 10.6 Å². The molecule has 2 aromatic heterocycles. The zero-order chi connectivity index (χ0) is 31.2. The number of thiazole rings is 1. The van der Waals surface area contributed by atoms with Crippen LogP contribution in [0.15, 0.2) is 42.5 Å². The molecule has 1 amide bonds. The number of rotatable bonds is 11. The molecule has 2 aromatic carbocycles. The number of hydrogen-bond acceptors (Lipinski definition) is 7. The number of aromatic nitrogens is 2. The van der Waals surface area contributed by atoms with Crippen LogP contribution in [0, 0.1) is 5.82 Å². The van der Waals surface area contributed by atoms with Gasteiger partial charge < -0.3 is 14.6 Å². The van der Waals surface area contributed by atoms with E-state index in [2.05, 4.69) is 9.97 Å². The SMILES string of the molecule is O=C([NH2+]CC(O)(CF)c1cc2c(c(-c3ccc(F)cc3)n1)OCC2(CF)CF)c1cc(OC2CC2)c2nc(C(F)F)sc2c1. The molecule has 1 atom stereocenters. The minimum atomic E-state index is -2.81. The lowest BCUT2D eigenvalue weighted by Gasteiger charge is -2.26. The first-order valence-electron chi connectivity index (χ1n) is 13.7. The van der Waals surface area contributed by atoms with E-state index >= 15 is 0 Å². The predicted molar refractivity (Wildman–Crippen MR) is 148 cm³/mol. The Bertz CT molecular complexity index is 1710. The largest absolute Gasteiger partial charge is 0.490 e. The molecule has 1 aliphatic heterocycles. The second kappa shape index (κ2) is 11.6. The maximum absolute atomic E-state index is 14.6. The molecule has 232 valence electrons. The summed E-state index contributed by atoms with van der Waals surface area (Å²) < 4.78 is 95.1. The fourth-order valence-corrected chi connectivity index (χ4v) is 5.85. The summed E-state index contributed by atoms with van der Waals surface area (Å²) >= 11 is 0.716. The van der Waals surface area contributed by atoms with Crippen LogP contribution in [0.25, 0.3) is 21.5 Å². The van der Waals surface area contributed by atoms with Gasteiger partial charge in [-0.3, -0.25) is 5.32 Å². The van der Waals surface area contributed by atoms with Crippen molar-refractivity contribution in [3.63, 3.8) is 0 Å². The third kappa shape index (κ3) is 5.50. The predicted octanol–water partition coefficient (Wildman–Crippen LogP) is 5.11. The van der Waals surface area contributed by atoms with Crippen molar-refractivity contribution < 1.29 is 51.0 Å². The summed E-state index contributed by atoms with van der Waals surface area (Å²) in [6.45, 7) is -4.70. The monoisotopic (exact) mass is 638 g/mol. The highest BCUT2D eigenvalue weighted by atomic mass is 32.1. The molecule has 7 nitrogen and oxygen atoms in total. The van der Waals surface area contributed by atoms with Crippen LogP contribution in [-0.4, -0.2) is 60.3 Å². The number of carbonyl (C=O) groups is 1. The minimum Gasteiger partial charge on any atom is -0.490 e. The number of ether oxygens (including phenoxy) is 2. The van der Waals surface area contributed by atoms with Gasteiger partial charge in [0.05, 0.1) is 27.5 Å². The number of halogens is 6. The summed E-state index contributed by atoms with van der Waals surface area (Å²) in [6, 6.07) is 8.91. The van der Waals surface area contributed by atoms with Gasteiger partial charge in [0.2, 0.25) is 0 Å². The fraction of sp³-hybridized carbons (Fsp3) is 0.367. The zero-order valence-electron chi connectivity index (χ0n) is 23.0. The highest BCUT2D eigenvalue weighted by Crippen LogP contribution is 2.46. The Kier molecular flexibility index (Phi) is 8.01. The van der Waals surface area contributed by atoms with Gasteiger partial charge >= 0.3 is 5.91 Å².